The van der Waals surface area contributed by atoms with Gasteiger partial charge in [-0.3, -0.25) is 0 Å². The van der Waals surface area contributed by atoms with E-state index in [0.29, 0.717) is 0 Å². The lowest BCUT2D eigenvalue weighted by atomic mass is 9.96. The van der Waals surface area contributed by atoms with Crippen molar-refractivity contribution in [2.45, 2.75) is 13.8 Å². The van der Waals surface area contributed by atoms with Crippen LogP contribution in [0.2, 0.25) is 0 Å². The second kappa shape index (κ2) is 7.06. The monoisotopic (exact) mass is 414 g/mol. The Morgan fingerprint density at radius 1 is 0.656 bits per heavy atom. The van der Waals surface area contributed by atoms with Crippen molar-refractivity contribution in [2.24, 2.45) is 7.05 Å². The summed E-state index contributed by atoms with van der Waals surface area (Å²) in [5.74, 6) is 0. The van der Waals surface area contributed by atoms with Crippen molar-refractivity contribution in [2.75, 3.05) is 0 Å². The van der Waals surface area contributed by atoms with Crippen molar-refractivity contribution in [1.82, 2.24) is 0 Å². The van der Waals surface area contributed by atoms with Gasteiger partial charge in [0.1, 0.15) is 18.2 Å². The van der Waals surface area contributed by atoms with E-state index in [1.807, 2.05) is 0 Å². The Morgan fingerprint density at radius 3 is 2.22 bits per heavy atom. The third-order valence-corrected chi connectivity index (χ3v) is 6.55. The highest BCUT2D eigenvalue weighted by atomic mass is 16.3. The van der Waals surface area contributed by atoms with Crippen LogP contribution in [-0.4, -0.2) is 0 Å². The van der Waals surface area contributed by atoms with Gasteiger partial charge in [-0.1, -0.05) is 72.8 Å². The van der Waals surface area contributed by atoms with Crippen LogP contribution >= 0.6 is 0 Å². The maximum atomic E-state index is 6.65. The van der Waals surface area contributed by atoms with Gasteiger partial charge in [0.25, 0.3) is 0 Å². The first kappa shape index (κ1) is 18.8. The second-order valence-corrected chi connectivity index (χ2v) is 8.63. The summed E-state index contributed by atoms with van der Waals surface area (Å²) in [6.07, 6.45) is 2.22. The molecule has 0 amide bonds. The summed E-state index contributed by atoms with van der Waals surface area (Å²) < 4.78 is 8.87. The molecule has 0 bridgehead atoms. The first-order valence-electron chi connectivity index (χ1n) is 11.0. The van der Waals surface area contributed by atoms with Gasteiger partial charge >= 0.3 is 0 Å². The van der Waals surface area contributed by atoms with E-state index in [9.17, 15) is 0 Å². The molecule has 0 saturated carbocycles. The van der Waals surface area contributed by atoms with Gasteiger partial charge in [-0.2, -0.15) is 0 Å². The SMILES string of the molecule is Cc1c[n+](C)c(-c2c(C)ccc3c2oc2c4ccccc4ccc32)cc1-c1ccccc1. The number of pyridine rings is 1. The highest BCUT2D eigenvalue weighted by Gasteiger charge is 2.23. The summed E-state index contributed by atoms with van der Waals surface area (Å²) in [5.41, 5.74) is 9.16. The fourth-order valence-corrected chi connectivity index (χ4v) is 4.94. The summed E-state index contributed by atoms with van der Waals surface area (Å²) in [7, 11) is 2.12. The minimum absolute atomic E-state index is 0.954. The summed E-state index contributed by atoms with van der Waals surface area (Å²) in [4.78, 5) is 0. The van der Waals surface area contributed by atoms with Gasteiger partial charge in [0, 0.05) is 27.8 Å². The van der Waals surface area contributed by atoms with Crippen LogP contribution in [0.3, 0.4) is 0 Å². The maximum Gasteiger partial charge on any atom is 0.216 e. The van der Waals surface area contributed by atoms with Crippen LogP contribution in [0.15, 0.2) is 95.5 Å². The number of aryl methyl sites for hydroxylation is 3. The Morgan fingerprint density at radius 2 is 1.38 bits per heavy atom. The molecule has 0 radical (unpaired) electrons. The lowest BCUT2D eigenvalue weighted by molar-refractivity contribution is -0.660. The van der Waals surface area contributed by atoms with Crippen LogP contribution in [0.5, 0.6) is 0 Å². The summed E-state index contributed by atoms with van der Waals surface area (Å²) in [6.45, 7) is 4.34. The van der Waals surface area contributed by atoms with E-state index in [1.165, 1.54) is 27.6 Å². The first-order valence-corrected chi connectivity index (χ1v) is 11.0. The second-order valence-electron chi connectivity index (χ2n) is 8.63. The molecule has 0 aliphatic carbocycles. The Kier molecular flexibility index (Phi) is 4.16. The molecule has 2 nitrogen and oxygen atoms in total. The summed E-state index contributed by atoms with van der Waals surface area (Å²) in [5, 5.41) is 4.68. The fraction of sp³-hybridized carbons (Fsp3) is 0.100. The number of hydrogen-bond acceptors (Lipinski definition) is 1. The first-order chi connectivity index (χ1) is 15.6. The quantitative estimate of drug-likeness (QED) is 0.268. The van der Waals surface area contributed by atoms with E-state index in [0.717, 1.165) is 38.6 Å². The van der Waals surface area contributed by atoms with Crippen LogP contribution < -0.4 is 4.57 Å². The van der Waals surface area contributed by atoms with Crippen LogP contribution in [-0.2, 0) is 7.05 Å². The van der Waals surface area contributed by atoms with Crippen molar-refractivity contribution in [1.29, 1.82) is 0 Å². The van der Waals surface area contributed by atoms with Crippen LogP contribution in [0.1, 0.15) is 11.1 Å². The van der Waals surface area contributed by atoms with Crippen LogP contribution in [0.4, 0.5) is 0 Å². The number of hydrogen-bond donors (Lipinski definition) is 0. The van der Waals surface area contributed by atoms with Gasteiger partial charge in [-0.05, 0) is 42.0 Å². The molecule has 6 rings (SSSR count). The molecule has 154 valence electrons. The molecular formula is C30H24NO+. The zero-order valence-electron chi connectivity index (χ0n) is 18.5. The minimum atomic E-state index is 0.954. The van der Waals surface area contributed by atoms with Crippen molar-refractivity contribution >= 4 is 32.7 Å². The number of furan rings is 1. The van der Waals surface area contributed by atoms with Crippen LogP contribution in [0, 0.1) is 13.8 Å². The van der Waals surface area contributed by atoms with Gasteiger partial charge in [-0.25, -0.2) is 4.57 Å². The van der Waals surface area contributed by atoms with Gasteiger partial charge < -0.3 is 4.42 Å². The minimum Gasteiger partial charge on any atom is -0.454 e. The lowest BCUT2D eigenvalue weighted by Gasteiger charge is -2.10. The standard InChI is InChI=1S/C30H24NO/c1-19-13-15-25-24-16-14-22-11-7-8-12-23(22)29(24)32-30(25)28(19)27-17-26(20(2)18-31(27)3)21-9-5-4-6-10-21/h4-18H,1-3H3/q+1. The van der Waals surface area contributed by atoms with E-state index >= 15 is 0 Å². The van der Waals surface area contributed by atoms with E-state index in [1.54, 1.807) is 0 Å². The number of aromatic nitrogens is 1. The molecule has 0 aliphatic rings. The molecular weight excluding hydrogens is 390 g/mol. The molecule has 2 heterocycles. The van der Waals surface area contributed by atoms with Crippen LogP contribution in [0.25, 0.3) is 55.1 Å². The van der Waals surface area contributed by atoms with Crippen molar-refractivity contribution in [3.8, 4) is 22.4 Å². The van der Waals surface area contributed by atoms with Crippen molar-refractivity contribution in [3.05, 3.63) is 102 Å². The maximum absolute atomic E-state index is 6.65. The predicted molar refractivity (Wildman–Crippen MR) is 133 cm³/mol. The third-order valence-electron chi connectivity index (χ3n) is 6.55. The zero-order valence-corrected chi connectivity index (χ0v) is 18.5. The molecule has 0 atom stereocenters. The lowest BCUT2D eigenvalue weighted by Crippen LogP contribution is -2.31. The third kappa shape index (κ3) is 2.76. The van der Waals surface area contributed by atoms with E-state index in [-0.39, 0.29) is 0 Å². The molecule has 0 unspecified atom stereocenters. The average molecular weight is 415 g/mol. The van der Waals surface area contributed by atoms with Crippen molar-refractivity contribution < 1.29 is 8.98 Å². The van der Waals surface area contributed by atoms with Gasteiger partial charge in [0.05, 0.1) is 5.56 Å². The molecule has 0 saturated heterocycles. The molecule has 0 N–H and O–H groups in total. The van der Waals surface area contributed by atoms with Gasteiger partial charge in [0.15, 0.2) is 6.20 Å². The highest BCUT2D eigenvalue weighted by Crippen LogP contribution is 2.40. The Balaban J connectivity index is 1.70. The Labute approximate surface area is 187 Å². The smallest absolute Gasteiger partial charge is 0.216 e. The topological polar surface area (TPSA) is 17.0 Å². The molecule has 2 heteroatoms. The average Bonchev–Trinajstić information content (AvgIpc) is 3.19. The Hall–Kier alpha value is -3.91. The van der Waals surface area contributed by atoms with E-state index < -0.39 is 0 Å². The van der Waals surface area contributed by atoms with Gasteiger partial charge in [0.2, 0.25) is 5.69 Å². The number of nitrogens with zero attached hydrogens (tertiary/aromatic N) is 1. The Bertz CT molecular complexity index is 1640. The number of benzene rings is 4. The molecule has 0 fully saturated rings. The van der Waals surface area contributed by atoms with Crippen molar-refractivity contribution in [3.63, 3.8) is 0 Å². The molecule has 6 aromatic rings. The number of fused-ring (bicyclic) bond motifs is 5. The van der Waals surface area contributed by atoms with E-state index in [4.69, 9.17) is 4.42 Å². The summed E-state index contributed by atoms with van der Waals surface area (Å²) >= 11 is 0. The molecule has 0 spiro atoms. The van der Waals surface area contributed by atoms with Gasteiger partial charge in [-0.15, -0.1) is 0 Å². The molecule has 0 aliphatic heterocycles. The molecule has 32 heavy (non-hydrogen) atoms. The van der Waals surface area contributed by atoms with E-state index in [2.05, 4.69) is 117 Å². The molecule has 2 aromatic heterocycles. The zero-order chi connectivity index (χ0) is 21.8. The molecule has 4 aromatic carbocycles. The number of rotatable bonds is 2. The predicted octanol–water partition coefficient (Wildman–Crippen LogP) is 7.51. The largest absolute Gasteiger partial charge is 0.454 e. The normalized spacial score (nSPS) is 11.6. The summed E-state index contributed by atoms with van der Waals surface area (Å²) in [6, 6.07) is 30.1. The fourth-order valence-electron chi connectivity index (χ4n) is 4.94. The highest BCUT2D eigenvalue weighted by molar-refractivity contribution is 6.17.